The first-order valence-electron chi connectivity index (χ1n) is 10.5. The number of nitriles is 1. The number of methoxy groups -OCH3 is 2. The Morgan fingerprint density at radius 3 is 2.65 bits per heavy atom. The van der Waals surface area contributed by atoms with Crippen molar-refractivity contribution in [2.45, 2.75) is 32.9 Å². The van der Waals surface area contributed by atoms with Crippen LogP contribution >= 0.6 is 11.3 Å². The first-order chi connectivity index (χ1) is 16.4. The molecule has 1 aliphatic heterocycles. The van der Waals surface area contributed by atoms with Crippen LogP contribution in [0.25, 0.3) is 0 Å². The van der Waals surface area contributed by atoms with E-state index in [0.29, 0.717) is 29.2 Å². The van der Waals surface area contributed by atoms with Crippen LogP contribution in [0.3, 0.4) is 0 Å². The van der Waals surface area contributed by atoms with Crippen molar-refractivity contribution in [3.63, 3.8) is 0 Å². The largest absolute Gasteiger partial charge is 0.493 e. The number of aromatic nitrogens is 2. The molecule has 0 saturated heterocycles. The van der Waals surface area contributed by atoms with Crippen LogP contribution in [0, 0.1) is 25.2 Å². The zero-order valence-corrected chi connectivity index (χ0v) is 20.0. The molecule has 34 heavy (non-hydrogen) atoms. The van der Waals surface area contributed by atoms with E-state index < -0.39 is 17.5 Å². The van der Waals surface area contributed by atoms with Crippen LogP contribution in [-0.2, 0) is 11.3 Å². The number of carbonyl (C=O) groups excluding carboxylic acids is 1. The number of rotatable bonds is 6. The smallest absolute Gasteiger partial charge is 0.285 e. The van der Waals surface area contributed by atoms with Crippen LogP contribution in [0.5, 0.6) is 11.5 Å². The molecule has 0 fully saturated rings. The van der Waals surface area contributed by atoms with Gasteiger partial charge in [-0.3, -0.25) is 9.59 Å². The molecule has 2 aromatic heterocycles. The third-order valence-corrected chi connectivity index (χ3v) is 6.72. The maximum Gasteiger partial charge on any atom is 0.285 e. The molecular formula is C24H23N5O4S. The molecule has 9 nitrogen and oxygen atoms in total. The molecular weight excluding hydrogens is 454 g/mol. The van der Waals surface area contributed by atoms with Crippen molar-refractivity contribution in [1.82, 2.24) is 14.8 Å². The average Bonchev–Trinajstić information content (AvgIpc) is 3.52. The molecule has 1 atom stereocenters. The summed E-state index contributed by atoms with van der Waals surface area (Å²) in [6, 6.07) is 10.9. The van der Waals surface area contributed by atoms with Crippen molar-refractivity contribution >= 4 is 23.0 Å². The Bertz CT molecular complexity index is 1370. The Morgan fingerprint density at radius 2 is 2.00 bits per heavy atom. The Balaban J connectivity index is 1.72. The molecule has 4 rings (SSSR count). The maximum atomic E-state index is 13.4. The molecule has 0 unspecified atom stereocenters. The zero-order chi connectivity index (χ0) is 24.4. The van der Waals surface area contributed by atoms with Crippen LogP contribution in [0.1, 0.15) is 39.7 Å². The topological polar surface area (TPSA) is 110 Å². The van der Waals surface area contributed by atoms with E-state index in [1.165, 1.54) is 5.01 Å². The van der Waals surface area contributed by atoms with Gasteiger partial charge >= 0.3 is 0 Å². The van der Waals surface area contributed by atoms with E-state index in [0.717, 1.165) is 20.8 Å². The summed E-state index contributed by atoms with van der Waals surface area (Å²) < 4.78 is 11.8. The standard InChI is InChI=1S/C24H23N5O4S/c1-14-15(2)26-28(24(31)17(14)12-25)13-23(30)29-19(11-18(27-29)22-6-5-9-34-22)16-7-8-20(32-3)21(10-16)33-4/h5-10,19H,11,13H2,1-4H3/t19-/m0/s1. The fourth-order valence-electron chi connectivity index (χ4n) is 3.86. The van der Waals surface area contributed by atoms with Gasteiger partial charge in [0.15, 0.2) is 11.5 Å². The number of ether oxygens (including phenoxy) is 2. The number of aryl methyl sites for hydroxylation is 1. The van der Waals surface area contributed by atoms with Crippen LogP contribution in [-0.4, -0.2) is 40.6 Å². The summed E-state index contributed by atoms with van der Waals surface area (Å²) in [7, 11) is 3.11. The number of carbonyl (C=O) groups is 1. The molecule has 1 amide bonds. The van der Waals surface area contributed by atoms with E-state index in [1.54, 1.807) is 45.5 Å². The van der Waals surface area contributed by atoms with Gasteiger partial charge in [0.2, 0.25) is 0 Å². The minimum Gasteiger partial charge on any atom is -0.493 e. The van der Waals surface area contributed by atoms with E-state index in [2.05, 4.69) is 10.2 Å². The Kier molecular flexibility index (Phi) is 6.47. The van der Waals surface area contributed by atoms with Gasteiger partial charge in [0, 0.05) is 6.42 Å². The van der Waals surface area contributed by atoms with E-state index in [4.69, 9.17) is 9.47 Å². The number of hydrogen-bond acceptors (Lipinski definition) is 8. The highest BCUT2D eigenvalue weighted by Gasteiger charge is 2.34. The molecule has 10 heteroatoms. The summed E-state index contributed by atoms with van der Waals surface area (Å²) in [5.41, 5.74) is 2.02. The number of benzene rings is 1. The minimum atomic E-state index is -0.594. The lowest BCUT2D eigenvalue weighted by Gasteiger charge is -2.23. The molecule has 1 aliphatic rings. The van der Waals surface area contributed by atoms with Gasteiger partial charge in [0.05, 0.1) is 36.5 Å². The van der Waals surface area contributed by atoms with Gasteiger partial charge in [-0.15, -0.1) is 11.3 Å². The van der Waals surface area contributed by atoms with Gasteiger partial charge in [-0.05, 0) is 48.6 Å². The quantitative estimate of drug-likeness (QED) is 0.539. The molecule has 0 saturated carbocycles. The summed E-state index contributed by atoms with van der Waals surface area (Å²) in [6.45, 7) is 3.03. The van der Waals surface area contributed by atoms with Gasteiger partial charge < -0.3 is 9.47 Å². The SMILES string of the molecule is COc1ccc([C@@H]2CC(c3cccs3)=NN2C(=O)Cn2nc(C)c(C)c(C#N)c2=O)cc1OC. The summed E-state index contributed by atoms with van der Waals surface area (Å²) in [4.78, 5) is 27.1. The maximum absolute atomic E-state index is 13.4. The van der Waals surface area contributed by atoms with E-state index in [9.17, 15) is 14.9 Å². The van der Waals surface area contributed by atoms with Crippen molar-refractivity contribution in [2.75, 3.05) is 14.2 Å². The number of thiophene rings is 1. The highest BCUT2D eigenvalue weighted by molar-refractivity contribution is 7.12. The monoisotopic (exact) mass is 477 g/mol. The number of nitrogens with zero attached hydrogens (tertiary/aromatic N) is 5. The first kappa shape index (κ1) is 23.2. The molecule has 3 heterocycles. The second-order valence-corrected chi connectivity index (χ2v) is 8.70. The molecule has 0 aliphatic carbocycles. The normalized spacial score (nSPS) is 15.1. The van der Waals surface area contributed by atoms with E-state index in [-0.39, 0.29) is 12.1 Å². The van der Waals surface area contributed by atoms with E-state index >= 15 is 0 Å². The lowest BCUT2D eigenvalue weighted by atomic mass is 10.0. The summed E-state index contributed by atoms with van der Waals surface area (Å²) >= 11 is 1.54. The molecule has 0 radical (unpaired) electrons. The number of hydrazone groups is 1. The molecule has 0 N–H and O–H groups in total. The van der Waals surface area contributed by atoms with Crippen molar-refractivity contribution in [1.29, 1.82) is 5.26 Å². The lowest BCUT2D eigenvalue weighted by Crippen LogP contribution is -2.36. The average molecular weight is 478 g/mol. The van der Waals surface area contributed by atoms with Crippen molar-refractivity contribution in [2.24, 2.45) is 5.10 Å². The fraction of sp³-hybridized carbons (Fsp3) is 0.292. The van der Waals surface area contributed by atoms with Gasteiger partial charge in [-0.2, -0.15) is 15.5 Å². The third kappa shape index (κ3) is 4.18. The lowest BCUT2D eigenvalue weighted by molar-refractivity contribution is -0.133. The highest BCUT2D eigenvalue weighted by atomic mass is 32.1. The zero-order valence-electron chi connectivity index (χ0n) is 19.2. The predicted octanol–water partition coefficient (Wildman–Crippen LogP) is 3.19. The Hall–Kier alpha value is -3.97. The second kappa shape index (κ2) is 9.49. The van der Waals surface area contributed by atoms with Crippen molar-refractivity contribution < 1.29 is 14.3 Å². The van der Waals surface area contributed by atoms with Gasteiger partial charge in [0.25, 0.3) is 11.5 Å². The third-order valence-electron chi connectivity index (χ3n) is 5.80. The number of amides is 1. The molecule has 0 spiro atoms. The van der Waals surface area contributed by atoms with Crippen LogP contribution in [0.2, 0.25) is 0 Å². The van der Waals surface area contributed by atoms with Gasteiger partial charge in [-0.1, -0.05) is 12.1 Å². The van der Waals surface area contributed by atoms with Crippen LogP contribution < -0.4 is 15.0 Å². The summed E-state index contributed by atoms with van der Waals surface area (Å²) in [5.74, 6) is 0.715. The van der Waals surface area contributed by atoms with Crippen LogP contribution in [0.4, 0.5) is 0 Å². The minimum absolute atomic E-state index is 0.0130. The Labute approximate surface area is 200 Å². The number of hydrogen-bond donors (Lipinski definition) is 0. The van der Waals surface area contributed by atoms with Crippen molar-refractivity contribution in [3.8, 4) is 17.6 Å². The molecule has 3 aromatic rings. The van der Waals surface area contributed by atoms with Gasteiger partial charge in [-0.25, -0.2) is 9.69 Å². The van der Waals surface area contributed by atoms with Gasteiger partial charge in [0.1, 0.15) is 18.2 Å². The van der Waals surface area contributed by atoms with E-state index in [1.807, 2.05) is 35.7 Å². The van der Waals surface area contributed by atoms with Crippen molar-refractivity contribution in [3.05, 3.63) is 73.3 Å². The predicted molar refractivity (Wildman–Crippen MR) is 127 cm³/mol. The summed E-state index contributed by atoms with van der Waals surface area (Å²) in [6.07, 6.45) is 0.500. The summed E-state index contributed by atoms with van der Waals surface area (Å²) in [5, 5.41) is 21.6. The fourth-order valence-corrected chi connectivity index (χ4v) is 4.58. The Morgan fingerprint density at radius 1 is 1.24 bits per heavy atom. The molecule has 0 bridgehead atoms. The first-order valence-corrected chi connectivity index (χ1v) is 11.4. The second-order valence-electron chi connectivity index (χ2n) is 7.76. The molecule has 1 aromatic carbocycles. The highest BCUT2D eigenvalue weighted by Crippen LogP contribution is 2.38. The molecule has 174 valence electrons. The van der Waals surface area contributed by atoms with Crippen LogP contribution in [0.15, 0.2) is 45.6 Å².